The Balaban J connectivity index is 1.74. The van der Waals surface area contributed by atoms with Gasteiger partial charge in [0.1, 0.15) is 0 Å². The van der Waals surface area contributed by atoms with Gasteiger partial charge in [-0.3, -0.25) is 0 Å². The SMILES string of the molecule is CN1CCC(CN2CCC[C@@H](O)C2)C1. The molecule has 14 heavy (non-hydrogen) atoms. The third-order valence-corrected chi connectivity index (χ3v) is 3.49. The molecule has 0 amide bonds. The van der Waals surface area contributed by atoms with E-state index in [1.807, 2.05) is 0 Å². The fourth-order valence-electron chi connectivity index (χ4n) is 2.74. The first-order chi connectivity index (χ1) is 6.74. The van der Waals surface area contributed by atoms with Gasteiger partial charge < -0.3 is 14.9 Å². The Labute approximate surface area is 86.7 Å². The number of nitrogens with zero attached hydrogens (tertiary/aromatic N) is 2. The van der Waals surface area contributed by atoms with Gasteiger partial charge in [-0.05, 0) is 45.3 Å². The third kappa shape index (κ3) is 2.69. The zero-order valence-electron chi connectivity index (χ0n) is 9.15. The summed E-state index contributed by atoms with van der Waals surface area (Å²) in [5.41, 5.74) is 0. The highest BCUT2D eigenvalue weighted by Crippen LogP contribution is 2.18. The van der Waals surface area contributed by atoms with Crippen LogP contribution in [0.25, 0.3) is 0 Å². The van der Waals surface area contributed by atoms with E-state index in [1.54, 1.807) is 0 Å². The Hall–Kier alpha value is -0.120. The van der Waals surface area contributed by atoms with Crippen molar-refractivity contribution in [1.29, 1.82) is 0 Å². The maximum atomic E-state index is 9.55. The van der Waals surface area contributed by atoms with Crippen molar-refractivity contribution in [2.24, 2.45) is 5.92 Å². The van der Waals surface area contributed by atoms with Crippen molar-refractivity contribution in [3.8, 4) is 0 Å². The molecule has 82 valence electrons. The summed E-state index contributed by atoms with van der Waals surface area (Å²) in [5.74, 6) is 0.838. The average molecular weight is 198 g/mol. The van der Waals surface area contributed by atoms with Crippen molar-refractivity contribution in [3.63, 3.8) is 0 Å². The van der Waals surface area contributed by atoms with Crippen LogP contribution in [0.15, 0.2) is 0 Å². The molecule has 0 aromatic heterocycles. The molecule has 0 aromatic rings. The molecule has 0 radical (unpaired) electrons. The van der Waals surface area contributed by atoms with Crippen molar-refractivity contribution >= 4 is 0 Å². The monoisotopic (exact) mass is 198 g/mol. The lowest BCUT2D eigenvalue weighted by Gasteiger charge is -2.31. The molecule has 1 unspecified atom stereocenters. The number of aliphatic hydroxyl groups is 1. The van der Waals surface area contributed by atoms with E-state index in [0.29, 0.717) is 0 Å². The molecule has 0 spiro atoms. The molecule has 0 bridgehead atoms. The fraction of sp³-hybridized carbons (Fsp3) is 1.00. The predicted octanol–water partition coefficient (Wildman–Crippen LogP) is 0.395. The van der Waals surface area contributed by atoms with Crippen LogP contribution in [0.5, 0.6) is 0 Å². The first-order valence-corrected chi connectivity index (χ1v) is 5.83. The van der Waals surface area contributed by atoms with Crippen LogP contribution in [0.3, 0.4) is 0 Å². The van der Waals surface area contributed by atoms with Gasteiger partial charge in [-0.25, -0.2) is 0 Å². The zero-order valence-corrected chi connectivity index (χ0v) is 9.15. The Morgan fingerprint density at radius 2 is 2.07 bits per heavy atom. The van der Waals surface area contributed by atoms with Crippen LogP contribution >= 0.6 is 0 Å². The number of β-amino-alcohol motifs (C(OH)–C–C–N with tert-alkyl or cyclic N) is 1. The molecule has 2 rings (SSSR count). The maximum Gasteiger partial charge on any atom is 0.0667 e. The Kier molecular flexibility index (Phi) is 3.42. The molecule has 0 aromatic carbocycles. The molecular weight excluding hydrogens is 176 g/mol. The van der Waals surface area contributed by atoms with Crippen molar-refractivity contribution in [2.45, 2.75) is 25.4 Å². The number of rotatable bonds is 2. The minimum absolute atomic E-state index is 0.0668. The van der Waals surface area contributed by atoms with Gasteiger partial charge in [0.25, 0.3) is 0 Å². The Morgan fingerprint density at radius 3 is 2.71 bits per heavy atom. The summed E-state index contributed by atoms with van der Waals surface area (Å²) >= 11 is 0. The first kappa shape index (κ1) is 10.4. The van der Waals surface area contributed by atoms with Crippen molar-refractivity contribution in [2.75, 3.05) is 39.8 Å². The average Bonchev–Trinajstić information content (AvgIpc) is 2.51. The van der Waals surface area contributed by atoms with E-state index in [2.05, 4.69) is 16.8 Å². The molecule has 0 aliphatic carbocycles. The van der Waals surface area contributed by atoms with E-state index in [0.717, 1.165) is 18.9 Å². The molecule has 3 heteroatoms. The molecule has 2 heterocycles. The fourth-order valence-corrected chi connectivity index (χ4v) is 2.74. The highest BCUT2D eigenvalue weighted by Gasteiger charge is 2.24. The number of aliphatic hydroxyl groups excluding tert-OH is 1. The number of hydrogen-bond acceptors (Lipinski definition) is 3. The van der Waals surface area contributed by atoms with Crippen molar-refractivity contribution < 1.29 is 5.11 Å². The quantitative estimate of drug-likeness (QED) is 0.695. The molecule has 2 aliphatic rings. The lowest BCUT2D eigenvalue weighted by molar-refractivity contribution is 0.0628. The van der Waals surface area contributed by atoms with Gasteiger partial charge in [0.2, 0.25) is 0 Å². The lowest BCUT2D eigenvalue weighted by atomic mass is 10.0. The van der Waals surface area contributed by atoms with Crippen LogP contribution in [0, 0.1) is 5.92 Å². The summed E-state index contributed by atoms with van der Waals surface area (Å²) in [7, 11) is 2.20. The van der Waals surface area contributed by atoms with Gasteiger partial charge >= 0.3 is 0 Å². The highest BCUT2D eigenvalue weighted by atomic mass is 16.3. The molecule has 2 fully saturated rings. The second kappa shape index (κ2) is 4.60. The number of hydrogen-bond donors (Lipinski definition) is 1. The van der Waals surface area contributed by atoms with Crippen LogP contribution in [-0.2, 0) is 0 Å². The van der Waals surface area contributed by atoms with Gasteiger partial charge in [0.05, 0.1) is 6.10 Å². The summed E-state index contributed by atoms with van der Waals surface area (Å²) in [5, 5.41) is 9.55. The summed E-state index contributed by atoms with van der Waals surface area (Å²) < 4.78 is 0. The van der Waals surface area contributed by atoms with E-state index in [9.17, 15) is 5.11 Å². The van der Waals surface area contributed by atoms with E-state index in [4.69, 9.17) is 0 Å². The second-order valence-electron chi connectivity index (χ2n) is 4.97. The van der Waals surface area contributed by atoms with Crippen molar-refractivity contribution in [1.82, 2.24) is 9.80 Å². The third-order valence-electron chi connectivity index (χ3n) is 3.49. The highest BCUT2D eigenvalue weighted by molar-refractivity contribution is 4.79. The predicted molar refractivity (Wildman–Crippen MR) is 57.3 cm³/mol. The minimum Gasteiger partial charge on any atom is -0.392 e. The molecule has 1 N–H and O–H groups in total. The first-order valence-electron chi connectivity index (χ1n) is 5.83. The minimum atomic E-state index is -0.0668. The topological polar surface area (TPSA) is 26.7 Å². The summed E-state index contributed by atoms with van der Waals surface area (Å²) in [4.78, 5) is 4.85. The van der Waals surface area contributed by atoms with Gasteiger partial charge in [0.15, 0.2) is 0 Å². The van der Waals surface area contributed by atoms with E-state index >= 15 is 0 Å². The summed E-state index contributed by atoms with van der Waals surface area (Å²) in [6.07, 6.45) is 3.44. The Morgan fingerprint density at radius 1 is 1.21 bits per heavy atom. The molecular formula is C11H22N2O. The van der Waals surface area contributed by atoms with Gasteiger partial charge in [-0.15, -0.1) is 0 Å². The summed E-state index contributed by atoms with van der Waals surface area (Å²) in [6.45, 7) is 5.78. The molecule has 0 saturated carbocycles. The second-order valence-corrected chi connectivity index (χ2v) is 4.97. The van der Waals surface area contributed by atoms with E-state index < -0.39 is 0 Å². The van der Waals surface area contributed by atoms with Crippen LogP contribution < -0.4 is 0 Å². The molecule has 3 nitrogen and oxygen atoms in total. The smallest absolute Gasteiger partial charge is 0.0667 e. The molecule has 2 aliphatic heterocycles. The molecule has 2 saturated heterocycles. The number of likely N-dealkylation sites (tertiary alicyclic amines) is 2. The zero-order chi connectivity index (χ0) is 9.97. The lowest BCUT2D eigenvalue weighted by Crippen LogP contribution is -2.41. The van der Waals surface area contributed by atoms with Crippen LogP contribution in [0.2, 0.25) is 0 Å². The normalized spacial score (nSPS) is 36.4. The standard InChI is InChI=1S/C11H22N2O/c1-12-6-4-10(7-12)8-13-5-2-3-11(14)9-13/h10-11,14H,2-9H2,1H3/t10?,11-/m1/s1. The van der Waals surface area contributed by atoms with Crippen LogP contribution in [-0.4, -0.2) is 60.8 Å². The van der Waals surface area contributed by atoms with E-state index in [-0.39, 0.29) is 6.10 Å². The largest absolute Gasteiger partial charge is 0.392 e. The molecule has 2 atom stereocenters. The number of piperidine rings is 1. The van der Waals surface area contributed by atoms with Crippen LogP contribution in [0.1, 0.15) is 19.3 Å². The van der Waals surface area contributed by atoms with Gasteiger partial charge in [-0.1, -0.05) is 0 Å². The maximum absolute atomic E-state index is 9.55. The Bertz CT molecular complexity index is 186. The van der Waals surface area contributed by atoms with Gasteiger partial charge in [-0.2, -0.15) is 0 Å². The van der Waals surface area contributed by atoms with Crippen molar-refractivity contribution in [3.05, 3.63) is 0 Å². The van der Waals surface area contributed by atoms with Gasteiger partial charge in [0, 0.05) is 19.6 Å². The van der Waals surface area contributed by atoms with E-state index in [1.165, 1.54) is 39.0 Å². The summed E-state index contributed by atoms with van der Waals surface area (Å²) in [6, 6.07) is 0. The van der Waals surface area contributed by atoms with Crippen LogP contribution in [0.4, 0.5) is 0 Å².